The van der Waals surface area contributed by atoms with Crippen molar-refractivity contribution in [1.82, 2.24) is 4.90 Å². The molecule has 3 heteroatoms. The van der Waals surface area contributed by atoms with Crippen LogP contribution in [0.3, 0.4) is 0 Å². The first-order valence-corrected chi connectivity index (χ1v) is 7.06. The molecule has 0 radical (unpaired) electrons. The number of nitrogens with zero attached hydrogens (tertiary/aromatic N) is 1. The van der Waals surface area contributed by atoms with E-state index < -0.39 is 0 Å². The highest BCUT2D eigenvalue weighted by molar-refractivity contribution is 5.78. The molecule has 17 heavy (non-hydrogen) atoms. The van der Waals surface area contributed by atoms with Gasteiger partial charge in [0.1, 0.15) is 0 Å². The molecule has 0 spiro atoms. The van der Waals surface area contributed by atoms with Crippen LogP contribution in [0.5, 0.6) is 0 Å². The van der Waals surface area contributed by atoms with Crippen molar-refractivity contribution in [3.8, 4) is 0 Å². The SMILES string of the molecule is CC(C)C(=O)N1CCCCC1CCC1COC1. The van der Waals surface area contributed by atoms with E-state index in [4.69, 9.17) is 4.74 Å². The second kappa shape index (κ2) is 5.85. The van der Waals surface area contributed by atoms with Gasteiger partial charge in [-0.2, -0.15) is 0 Å². The van der Waals surface area contributed by atoms with Crippen molar-refractivity contribution in [2.75, 3.05) is 19.8 Å². The molecule has 0 aromatic carbocycles. The number of carbonyl (C=O) groups excluding carboxylic acids is 1. The first-order valence-electron chi connectivity index (χ1n) is 7.06. The molecular formula is C14H25NO2. The summed E-state index contributed by atoms with van der Waals surface area (Å²) in [6.07, 6.45) is 6.07. The fourth-order valence-corrected chi connectivity index (χ4v) is 2.80. The normalized spacial score (nSPS) is 26.1. The van der Waals surface area contributed by atoms with E-state index in [2.05, 4.69) is 4.90 Å². The first-order chi connectivity index (χ1) is 8.18. The molecule has 1 atom stereocenters. The second-order valence-corrected chi connectivity index (χ2v) is 5.82. The topological polar surface area (TPSA) is 29.5 Å². The lowest BCUT2D eigenvalue weighted by molar-refractivity contribution is -0.138. The van der Waals surface area contributed by atoms with Crippen LogP contribution in [0.15, 0.2) is 0 Å². The lowest BCUT2D eigenvalue weighted by Gasteiger charge is -2.38. The van der Waals surface area contributed by atoms with Crippen molar-refractivity contribution >= 4 is 5.91 Å². The minimum absolute atomic E-state index is 0.141. The molecule has 0 bridgehead atoms. The van der Waals surface area contributed by atoms with Crippen molar-refractivity contribution < 1.29 is 9.53 Å². The molecule has 1 unspecified atom stereocenters. The van der Waals surface area contributed by atoms with Crippen LogP contribution in [0, 0.1) is 11.8 Å². The Morgan fingerprint density at radius 3 is 2.65 bits per heavy atom. The van der Waals surface area contributed by atoms with Gasteiger partial charge in [-0.15, -0.1) is 0 Å². The molecule has 2 aliphatic rings. The fourth-order valence-electron chi connectivity index (χ4n) is 2.80. The summed E-state index contributed by atoms with van der Waals surface area (Å²) in [7, 11) is 0. The monoisotopic (exact) mass is 239 g/mol. The highest BCUT2D eigenvalue weighted by Gasteiger charge is 2.29. The third-order valence-electron chi connectivity index (χ3n) is 4.02. The molecule has 0 aromatic rings. The molecule has 3 nitrogen and oxygen atoms in total. The highest BCUT2D eigenvalue weighted by Crippen LogP contribution is 2.26. The van der Waals surface area contributed by atoms with Gasteiger partial charge in [0.15, 0.2) is 0 Å². The van der Waals surface area contributed by atoms with Crippen LogP contribution in [0.25, 0.3) is 0 Å². The van der Waals surface area contributed by atoms with E-state index in [1.165, 1.54) is 32.1 Å². The van der Waals surface area contributed by atoms with Gasteiger partial charge < -0.3 is 9.64 Å². The van der Waals surface area contributed by atoms with Crippen LogP contribution >= 0.6 is 0 Å². The maximum atomic E-state index is 12.1. The zero-order chi connectivity index (χ0) is 12.3. The number of carbonyl (C=O) groups is 1. The van der Waals surface area contributed by atoms with Crippen molar-refractivity contribution in [3.63, 3.8) is 0 Å². The smallest absolute Gasteiger partial charge is 0.225 e. The predicted molar refractivity (Wildman–Crippen MR) is 67.7 cm³/mol. The molecular weight excluding hydrogens is 214 g/mol. The molecule has 0 N–H and O–H groups in total. The summed E-state index contributed by atoms with van der Waals surface area (Å²) in [5.74, 6) is 1.25. The van der Waals surface area contributed by atoms with Crippen molar-refractivity contribution in [2.45, 2.75) is 52.0 Å². The number of rotatable bonds is 4. The number of ether oxygens (including phenoxy) is 1. The minimum Gasteiger partial charge on any atom is -0.381 e. The van der Waals surface area contributed by atoms with E-state index in [0.29, 0.717) is 11.9 Å². The number of hydrogen-bond donors (Lipinski definition) is 0. The summed E-state index contributed by atoms with van der Waals surface area (Å²) < 4.78 is 5.21. The van der Waals surface area contributed by atoms with Crippen molar-refractivity contribution in [1.29, 1.82) is 0 Å². The Labute approximate surface area is 105 Å². The van der Waals surface area contributed by atoms with Gasteiger partial charge >= 0.3 is 0 Å². The quantitative estimate of drug-likeness (QED) is 0.754. The Hall–Kier alpha value is -0.570. The van der Waals surface area contributed by atoms with Crippen LogP contribution in [0.1, 0.15) is 46.0 Å². The first kappa shape index (κ1) is 12.9. The van der Waals surface area contributed by atoms with Gasteiger partial charge in [0, 0.05) is 24.4 Å². The number of hydrogen-bond acceptors (Lipinski definition) is 2. The summed E-state index contributed by atoms with van der Waals surface area (Å²) >= 11 is 0. The van der Waals surface area contributed by atoms with Crippen LogP contribution in [0.4, 0.5) is 0 Å². The Bertz CT molecular complexity index is 261. The Kier molecular flexibility index (Phi) is 4.43. The molecule has 1 amide bonds. The summed E-state index contributed by atoms with van der Waals surface area (Å²) in [6.45, 7) is 6.86. The average molecular weight is 239 g/mol. The van der Waals surface area contributed by atoms with E-state index in [9.17, 15) is 4.79 Å². The van der Waals surface area contributed by atoms with Crippen LogP contribution in [-0.4, -0.2) is 36.6 Å². The Morgan fingerprint density at radius 1 is 1.29 bits per heavy atom. The largest absolute Gasteiger partial charge is 0.381 e. The lowest BCUT2D eigenvalue weighted by atomic mass is 9.92. The molecule has 2 aliphatic heterocycles. The highest BCUT2D eigenvalue weighted by atomic mass is 16.5. The zero-order valence-corrected chi connectivity index (χ0v) is 11.2. The third kappa shape index (κ3) is 3.21. The van der Waals surface area contributed by atoms with Crippen molar-refractivity contribution in [2.24, 2.45) is 11.8 Å². The molecule has 2 fully saturated rings. The van der Waals surface area contributed by atoms with Gasteiger partial charge in [0.05, 0.1) is 13.2 Å². The number of piperidine rings is 1. The fraction of sp³-hybridized carbons (Fsp3) is 0.929. The summed E-state index contributed by atoms with van der Waals surface area (Å²) in [5.41, 5.74) is 0. The summed E-state index contributed by atoms with van der Waals surface area (Å²) in [5, 5.41) is 0. The van der Waals surface area contributed by atoms with E-state index in [1.54, 1.807) is 0 Å². The molecule has 0 aromatic heterocycles. The van der Waals surface area contributed by atoms with Gasteiger partial charge in [0.25, 0.3) is 0 Å². The average Bonchev–Trinajstić information content (AvgIpc) is 2.26. The van der Waals surface area contributed by atoms with Gasteiger partial charge in [0.2, 0.25) is 5.91 Å². The third-order valence-corrected chi connectivity index (χ3v) is 4.02. The summed E-state index contributed by atoms with van der Waals surface area (Å²) in [6, 6.07) is 0.499. The molecule has 0 aliphatic carbocycles. The van der Waals surface area contributed by atoms with Gasteiger partial charge in [-0.3, -0.25) is 4.79 Å². The maximum absolute atomic E-state index is 12.1. The van der Waals surface area contributed by atoms with Crippen LogP contribution in [-0.2, 0) is 9.53 Å². The van der Waals surface area contributed by atoms with Gasteiger partial charge in [-0.1, -0.05) is 13.8 Å². The number of likely N-dealkylation sites (tertiary alicyclic amines) is 1. The number of amides is 1. The molecule has 0 saturated carbocycles. The van der Waals surface area contributed by atoms with Crippen molar-refractivity contribution in [3.05, 3.63) is 0 Å². The molecule has 98 valence electrons. The standard InChI is InChI=1S/C14H25NO2/c1-11(2)14(16)15-8-4-3-5-13(15)7-6-12-9-17-10-12/h11-13H,3-10H2,1-2H3. The van der Waals surface area contributed by atoms with Gasteiger partial charge in [-0.05, 0) is 32.1 Å². The van der Waals surface area contributed by atoms with Crippen LogP contribution in [0.2, 0.25) is 0 Å². The minimum atomic E-state index is 0.141. The Balaban J connectivity index is 1.84. The summed E-state index contributed by atoms with van der Waals surface area (Å²) in [4.78, 5) is 14.3. The Morgan fingerprint density at radius 2 is 2.06 bits per heavy atom. The molecule has 2 heterocycles. The van der Waals surface area contributed by atoms with E-state index in [0.717, 1.165) is 25.7 Å². The van der Waals surface area contributed by atoms with E-state index in [-0.39, 0.29) is 5.92 Å². The van der Waals surface area contributed by atoms with Gasteiger partial charge in [-0.25, -0.2) is 0 Å². The van der Waals surface area contributed by atoms with E-state index in [1.807, 2.05) is 13.8 Å². The van der Waals surface area contributed by atoms with Crippen LogP contribution < -0.4 is 0 Å². The molecule has 2 rings (SSSR count). The zero-order valence-electron chi connectivity index (χ0n) is 11.2. The predicted octanol–water partition coefficient (Wildman–Crippen LogP) is 2.45. The lowest BCUT2D eigenvalue weighted by Crippen LogP contribution is -2.46. The molecule has 2 saturated heterocycles. The second-order valence-electron chi connectivity index (χ2n) is 5.82. The van der Waals surface area contributed by atoms with E-state index >= 15 is 0 Å². The maximum Gasteiger partial charge on any atom is 0.225 e.